The molecule has 0 radical (unpaired) electrons. The van der Waals surface area contributed by atoms with Gasteiger partial charge in [-0.1, -0.05) is 12.8 Å². The molecule has 1 aliphatic heterocycles. The molecular weight excluding hydrogens is 204 g/mol. The minimum Gasteiger partial charge on any atom is -0.353 e. The number of hydrogen-bond donors (Lipinski definition) is 1. The highest BCUT2D eigenvalue weighted by atomic mass is 16.2. The number of carbonyl (C=O) groups excluding carboxylic acids is 2. The zero-order valence-electron chi connectivity index (χ0n) is 9.45. The molecule has 2 unspecified atom stereocenters. The van der Waals surface area contributed by atoms with Gasteiger partial charge in [-0.15, -0.1) is 0 Å². The second-order valence-corrected chi connectivity index (χ2v) is 5.25. The molecule has 3 fully saturated rings. The van der Waals surface area contributed by atoms with Crippen LogP contribution in [0, 0.1) is 17.8 Å². The summed E-state index contributed by atoms with van der Waals surface area (Å²) in [5, 5.41) is 2.76. The van der Waals surface area contributed by atoms with Crippen molar-refractivity contribution in [1.82, 2.24) is 10.2 Å². The Morgan fingerprint density at radius 3 is 2.56 bits per heavy atom. The molecule has 1 heterocycles. The van der Waals surface area contributed by atoms with Crippen molar-refractivity contribution in [3.8, 4) is 0 Å². The number of carbonyl (C=O) groups is 2. The number of nitrogens with one attached hydrogen (secondary N) is 1. The standard InChI is InChI=1S/C12H18N2O2/c15-10-7-14(6-5-13-10)12(16)11-8-3-1-2-4-9(8)11/h8-9,11H,1-7H2,(H,13,15). The average molecular weight is 222 g/mol. The lowest BCUT2D eigenvalue weighted by Gasteiger charge is -2.27. The molecule has 1 N–H and O–H groups in total. The van der Waals surface area contributed by atoms with E-state index in [1.54, 1.807) is 4.90 Å². The molecule has 4 nitrogen and oxygen atoms in total. The quantitative estimate of drug-likeness (QED) is 0.697. The first kappa shape index (κ1) is 10.1. The summed E-state index contributed by atoms with van der Waals surface area (Å²) >= 11 is 0. The Hall–Kier alpha value is -1.06. The molecule has 2 saturated carbocycles. The minimum atomic E-state index is -0.0109. The zero-order chi connectivity index (χ0) is 11.1. The maximum atomic E-state index is 12.2. The van der Waals surface area contributed by atoms with Crippen LogP contribution in [-0.2, 0) is 9.59 Å². The fourth-order valence-corrected chi connectivity index (χ4v) is 3.40. The lowest BCUT2D eigenvalue weighted by atomic mass is 10.0. The SMILES string of the molecule is O=C1CN(C(=O)C2C3CCCCC32)CCN1. The van der Waals surface area contributed by atoms with E-state index in [4.69, 9.17) is 0 Å². The van der Waals surface area contributed by atoms with E-state index >= 15 is 0 Å². The molecule has 2 atom stereocenters. The molecule has 0 aromatic carbocycles. The summed E-state index contributed by atoms with van der Waals surface area (Å²) in [4.78, 5) is 25.2. The van der Waals surface area contributed by atoms with Crippen LogP contribution in [0.25, 0.3) is 0 Å². The molecule has 0 aromatic heterocycles. The van der Waals surface area contributed by atoms with Crippen LogP contribution in [0.4, 0.5) is 0 Å². The van der Waals surface area contributed by atoms with Crippen LogP contribution < -0.4 is 5.32 Å². The molecule has 4 heteroatoms. The van der Waals surface area contributed by atoms with Crippen LogP contribution in [0.3, 0.4) is 0 Å². The molecule has 16 heavy (non-hydrogen) atoms. The largest absolute Gasteiger partial charge is 0.353 e. The molecule has 1 saturated heterocycles. The van der Waals surface area contributed by atoms with Gasteiger partial charge in [0.15, 0.2) is 0 Å². The van der Waals surface area contributed by atoms with Crippen LogP contribution in [0.1, 0.15) is 25.7 Å². The van der Waals surface area contributed by atoms with Crippen LogP contribution >= 0.6 is 0 Å². The van der Waals surface area contributed by atoms with E-state index in [2.05, 4.69) is 5.32 Å². The minimum absolute atomic E-state index is 0.0109. The van der Waals surface area contributed by atoms with Gasteiger partial charge in [-0.2, -0.15) is 0 Å². The van der Waals surface area contributed by atoms with Gasteiger partial charge < -0.3 is 10.2 Å². The van der Waals surface area contributed by atoms with E-state index in [0.717, 1.165) is 0 Å². The number of hydrogen-bond acceptors (Lipinski definition) is 2. The lowest BCUT2D eigenvalue weighted by Crippen LogP contribution is -2.50. The maximum Gasteiger partial charge on any atom is 0.239 e. The third-order valence-corrected chi connectivity index (χ3v) is 4.29. The van der Waals surface area contributed by atoms with Crippen LogP contribution in [-0.4, -0.2) is 36.3 Å². The van der Waals surface area contributed by atoms with E-state index in [9.17, 15) is 9.59 Å². The van der Waals surface area contributed by atoms with E-state index in [1.165, 1.54) is 25.7 Å². The zero-order valence-corrected chi connectivity index (χ0v) is 9.45. The fraction of sp³-hybridized carbons (Fsp3) is 0.833. The molecule has 2 amide bonds. The predicted octanol–water partition coefficient (Wildman–Crippen LogP) is 0.381. The van der Waals surface area contributed by atoms with Gasteiger partial charge in [0.1, 0.15) is 0 Å². The molecule has 2 aliphatic carbocycles. The number of rotatable bonds is 1. The second-order valence-electron chi connectivity index (χ2n) is 5.25. The average Bonchev–Trinajstić information content (AvgIpc) is 3.02. The summed E-state index contributed by atoms with van der Waals surface area (Å²) in [6.45, 7) is 1.59. The Morgan fingerprint density at radius 1 is 1.25 bits per heavy atom. The van der Waals surface area contributed by atoms with Crippen molar-refractivity contribution >= 4 is 11.8 Å². The number of nitrogens with zero attached hydrogens (tertiary/aromatic N) is 1. The van der Waals surface area contributed by atoms with Crippen molar-refractivity contribution in [3.63, 3.8) is 0 Å². The number of piperazine rings is 1. The summed E-state index contributed by atoms with van der Waals surface area (Å²) in [5.41, 5.74) is 0. The van der Waals surface area contributed by atoms with Crippen molar-refractivity contribution in [2.45, 2.75) is 25.7 Å². The van der Waals surface area contributed by atoms with Crippen molar-refractivity contribution < 1.29 is 9.59 Å². The molecule has 0 aromatic rings. The highest BCUT2D eigenvalue weighted by Crippen LogP contribution is 2.56. The normalized spacial score (nSPS) is 37.6. The molecule has 0 spiro atoms. The van der Waals surface area contributed by atoms with Gasteiger partial charge in [-0.3, -0.25) is 9.59 Å². The van der Waals surface area contributed by atoms with Gasteiger partial charge in [-0.05, 0) is 24.7 Å². The maximum absolute atomic E-state index is 12.2. The van der Waals surface area contributed by atoms with E-state index in [-0.39, 0.29) is 24.3 Å². The Bertz CT molecular complexity index is 317. The van der Waals surface area contributed by atoms with Crippen molar-refractivity contribution in [1.29, 1.82) is 0 Å². The Kier molecular flexibility index (Phi) is 2.37. The highest BCUT2D eigenvalue weighted by Gasteiger charge is 2.55. The second kappa shape index (κ2) is 3.75. The molecule has 3 rings (SSSR count). The predicted molar refractivity (Wildman–Crippen MR) is 58.5 cm³/mol. The molecule has 3 aliphatic rings. The van der Waals surface area contributed by atoms with Crippen LogP contribution in [0.15, 0.2) is 0 Å². The van der Waals surface area contributed by atoms with E-state index in [1.807, 2.05) is 0 Å². The first-order chi connectivity index (χ1) is 7.77. The fourth-order valence-electron chi connectivity index (χ4n) is 3.40. The Morgan fingerprint density at radius 2 is 1.94 bits per heavy atom. The van der Waals surface area contributed by atoms with Gasteiger partial charge >= 0.3 is 0 Å². The smallest absolute Gasteiger partial charge is 0.239 e. The number of amides is 2. The van der Waals surface area contributed by atoms with Gasteiger partial charge in [0.2, 0.25) is 11.8 Å². The van der Waals surface area contributed by atoms with Crippen molar-refractivity contribution in [2.75, 3.05) is 19.6 Å². The van der Waals surface area contributed by atoms with Gasteiger partial charge in [0, 0.05) is 19.0 Å². The van der Waals surface area contributed by atoms with Crippen LogP contribution in [0.2, 0.25) is 0 Å². The third kappa shape index (κ3) is 1.60. The monoisotopic (exact) mass is 222 g/mol. The summed E-state index contributed by atoms with van der Waals surface area (Å²) in [5.74, 6) is 1.78. The summed E-state index contributed by atoms with van der Waals surface area (Å²) in [6.07, 6.45) is 5.01. The molecular formula is C12H18N2O2. The first-order valence-electron chi connectivity index (χ1n) is 6.33. The highest BCUT2D eigenvalue weighted by molar-refractivity contribution is 5.88. The Balaban J connectivity index is 1.63. The lowest BCUT2D eigenvalue weighted by molar-refractivity contribution is -0.139. The van der Waals surface area contributed by atoms with Crippen LogP contribution in [0.5, 0.6) is 0 Å². The van der Waals surface area contributed by atoms with Gasteiger partial charge in [-0.25, -0.2) is 0 Å². The van der Waals surface area contributed by atoms with Crippen molar-refractivity contribution in [2.24, 2.45) is 17.8 Å². The van der Waals surface area contributed by atoms with Gasteiger partial charge in [0.05, 0.1) is 6.54 Å². The first-order valence-corrected chi connectivity index (χ1v) is 6.33. The summed E-state index contributed by atoms with van der Waals surface area (Å²) in [7, 11) is 0. The van der Waals surface area contributed by atoms with E-state index < -0.39 is 0 Å². The molecule has 0 bridgehead atoms. The van der Waals surface area contributed by atoms with Gasteiger partial charge in [0.25, 0.3) is 0 Å². The molecule has 88 valence electrons. The number of fused-ring (bicyclic) bond motifs is 1. The van der Waals surface area contributed by atoms with E-state index in [0.29, 0.717) is 24.9 Å². The summed E-state index contributed by atoms with van der Waals surface area (Å²) < 4.78 is 0. The van der Waals surface area contributed by atoms with Crippen molar-refractivity contribution in [3.05, 3.63) is 0 Å². The topological polar surface area (TPSA) is 49.4 Å². The summed E-state index contributed by atoms with van der Waals surface area (Å²) in [6, 6.07) is 0. The Labute approximate surface area is 95.4 Å². The third-order valence-electron chi connectivity index (χ3n) is 4.29.